The van der Waals surface area contributed by atoms with Gasteiger partial charge in [-0.1, -0.05) is 6.07 Å². The number of hydrogen-bond donors (Lipinski definition) is 4. The molecule has 0 radical (unpaired) electrons. The minimum atomic E-state index is -1.05. The maximum atomic E-state index is 12.0. The van der Waals surface area contributed by atoms with E-state index < -0.39 is 18.8 Å². The number of nitrogens with two attached hydrogens (primary N) is 1. The van der Waals surface area contributed by atoms with E-state index >= 15 is 0 Å². The molecule has 1 atom stereocenters. The van der Waals surface area contributed by atoms with Crippen LogP contribution in [-0.2, 0) is 19.1 Å². The van der Waals surface area contributed by atoms with Gasteiger partial charge < -0.3 is 35.7 Å². The number of carboxylic acids is 1. The SMILES string of the molecule is NC(COc1cccc(C(=O)NCCNC=O)c1)OCCOCC(=O)O. The lowest BCUT2D eigenvalue weighted by atomic mass is 10.2. The Labute approximate surface area is 150 Å². The van der Waals surface area contributed by atoms with Crippen LogP contribution in [-0.4, -0.2) is 69.1 Å². The van der Waals surface area contributed by atoms with Gasteiger partial charge in [-0.2, -0.15) is 0 Å². The maximum Gasteiger partial charge on any atom is 0.329 e. The van der Waals surface area contributed by atoms with Crippen molar-refractivity contribution in [1.82, 2.24) is 10.6 Å². The normalized spacial score (nSPS) is 11.4. The highest BCUT2D eigenvalue weighted by Gasteiger charge is 2.08. The third kappa shape index (κ3) is 9.57. The minimum Gasteiger partial charge on any atom is -0.489 e. The molecule has 1 rings (SSSR count). The van der Waals surface area contributed by atoms with Crippen molar-refractivity contribution in [2.24, 2.45) is 5.73 Å². The fourth-order valence-corrected chi connectivity index (χ4v) is 1.78. The average Bonchev–Trinajstić information content (AvgIpc) is 2.63. The Balaban J connectivity index is 2.30. The molecule has 26 heavy (non-hydrogen) atoms. The predicted octanol–water partition coefficient (Wildman–Crippen LogP) is -1.06. The summed E-state index contributed by atoms with van der Waals surface area (Å²) in [4.78, 5) is 32.3. The van der Waals surface area contributed by atoms with E-state index in [2.05, 4.69) is 10.6 Å². The molecule has 1 aromatic rings. The fourth-order valence-electron chi connectivity index (χ4n) is 1.78. The molecule has 1 aromatic carbocycles. The zero-order chi connectivity index (χ0) is 19.2. The molecule has 0 heterocycles. The number of carboxylic acid groups (broad SMARTS) is 1. The Morgan fingerprint density at radius 1 is 1.27 bits per heavy atom. The predicted molar refractivity (Wildman–Crippen MR) is 90.7 cm³/mol. The van der Waals surface area contributed by atoms with Crippen molar-refractivity contribution in [2.75, 3.05) is 39.5 Å². The molecule has 10 nitrogen and oxygen atoms in total. The Hall–Kier alpha value is -2.69. The summed E-state index contributed by atoms with van der Waals surface area (Å²) in [6, 6.07) is 6.53. The molecule has 0 aliphatic rings. The molecule has 0 saturated carbocycles. The van der Waals surface area contributed by atoms with Gasteiger partial charge in [0.2, 0.25) is 6.41 Å². The van der Waals surface area contributed by atoms with Crippen LogP contribution in [0.5, 0.6) is 5.75 Å². The minimum absolute atomic E-state index is 0.0489. The van der Waals surface area contributed by atoms with E-state index in [1.54, 1.807) is 24.3 Å². The topological polar surface area (TPSA) is 149 Å². The molecule has 0 saturated heterocycles. The lowest BCUT2D eigenvalue weighted by Crippen LogP contribution is -2.32. The Kier molecular flexibility index (Phi) is 10.4. The van der Waals surface area contributed by atoms with Gasteiger partial charge in [0, 0.05) is 18.7 Å². The second kappa shape index (κ2) is 12.6. The molecule has 0 bridgehead atoms. The molecule has 0 aromatic heterocycles. The van der Waals surface area contributed by atoms with Gasteiger partial charge in [-0.05, 0) is 18.2 Å². The summed E-state index contributed by atoms with van der Waals surface area (Å²) < 4.78 is 15.5. The lowest BCUT2D eigenvalue weighted by molar-refractivity contribution is -0.143. The van der Waals surface area contributed by atoms with Crippen LogP contribution in [0.1, 0.15) is 10.4 Å². The third-order valence-electron chi connectivity index (χ3n) is 2.93. The number of hydrogen-bond acceptors (Lipinski definition) is 7. The molecule has 2 amide bonds. The van der Waals surface area contributed by atoms with Crippen molar-refractivity contribution < 1.29 is 33.7 Å². The van der Waals surface area contributed by atoms with Crippen molar-refractivity contribution >= 4 is 18.3 Å². The highest BCUT2D eigenvalue weighted by molar-refractivity contribution is 5.94. The number of rotatable bonds is 14. The van der Waals surface area contributed by atoms with E-state index in [4.69, 9.17) is 25.1 Å². The monoisotopic (exact) mass is 369 g/mol. The lowest BCUT2D eigenvalue weighted by Gasteiger charge is -2.14. The molecule has 0 aliphatic heterocycles. The molecule has 1 unspecified atom stereocenters. The molecular weight excluding hydrogens is 346 g/mol. The van der Waals surface area contributed by atoms with Gasteiger partial charge in [-0.3, -0.25) is 9.59 Å². The van der Waals surface area contributed by atoms with Gasteiger partial charge in [-0.15, -0.1) is 0 Å². The van der Waals surface area contributed by atoms with E-state index in [-0.39, 0.29) is 25.7 Å². The molecular formula is C16H23N3O7. The highest BCUT2D eigenvalue weighted by Crippen LogP contribution is 2.13. The number of carbonyl (C=O) groups is 3. The van der Waals surface area contributed by atoms with Crippen LogP contribution in [0.3, 0.4) is 0 Å². The van der Waals surface area contributed by atoms with Crippen LogP contribution < -0.4 is 21.1 Å². The first kappa shape index (κ1) is 21.4. The Bertz CT molecular complexity index is 583. The number of nitrogens with one attached hydrogen (secondary N) is 2. The molecule has 144 valence electrons. The fraction of sp³-hybridized carbons (Fsp3) is 0.438. The van der Waals surface area contributed by atoms with Gasteiger partial charge in [0.1, 0.15) is 25.2 Å². The van der Waals surface area contributed by atoms with E-state index in [9.17, 15) is 14.4 Å². The largest absolute Gasteiger partial charge is 0.489 e. The van der Waals surface area contributed by atoms with Crippen LogP contribution >= 0.6 is 0 Å². The van der Waals surface area contributed by atoms with Crippen molar-refractivity contribution in [3.63, 3.8) is 0 Å². The summed E-state index contributed by atoms with van der Waals surface area (Å²) in [5, 5.41) is 13.5. The Morgan fingerprint density at radius 2 is 2.08 bits per heavy atom. The van der Waals surface area contributed by atoms with Gasteiger partial charge in [0.05, 0.1) is 13.2 Å². The zero-order valence-electron chi connectivity index (χ0n) is 14.2. The second-order valence-corrected chi connectivity index (χ2v) is 5.02. The van der Waals surface area contributed by atoms with Crippen molar-refractivity contribution in [3.05, 3.63) is 29.8 Å². The first-order valence-corrected chi connectivity index (χ1v) is 7.87. The van der Waals surface area contributed by atoms with E-state index in [0.29, 0.717) is 30.8 Å². The van der Waals surface area contributed by atoms with Crippen LogP contribution in [0, 0.1) is 0 Å². The van der Waals surface area contributed by atoms with E-state index in [0.717, 1.165) is 0 Å². The van der Waals surface area contributed by atoms with Crippen LogP contribution in [0.25, 0.3) is 0 Å². The first-order chi connectivity index (χ1) is 12.5. The van der Waals surface area contributed by atoms with Crippen molar-refractivity contribution in [1.29, 1.82) is 0 Å². The highest BCUT2D eigenvalue weighted by atomic mass is 16.6. The number of ether oxygens (including phenoxy) is 3. The number of carbonyl (C=O) groups excluding carboxylic acids is 2. The van der Waals surface area contributed by atoms with E-state index in [1.165, 1.54) is 0 Å². The van der Waals surface area contributed by atoms with E-state index in [1.807, 2.05) is 0 Å². The van der Waals surface area contributed by atoms with Crippen LogP contribution in [0.2, 0.25) is 0 Å². The number of aliphatic carboxylic acids is 1. The quantitative estimate of drug-likeness (QED) is 0.184. The Morgan fingerprint density at radius 3 is 2.81 bits per heavy atom. The summed E-state index contributed by atoms with van der Waals surface area (Å²) in [5.41, 5.74) is 6.13. The molecule has 10 heteroatoms. The maximum absolute atomic E-state index is 12.0. The number of amides is 2. The van der Waals surface area contributed by atoms with Gasteiger partial charge >= 0.3 is 5.97 Å². The molecule has 0 aliphatic carbocycles. The van der Waals surface area contributed by atoms with Gasteiger partial charge in [-0.25, -0.2) is 4.79 Å². The smallest absolute Gasteiger partial charge is 0.329 e. The molecule has 0 spiro atoms. The first-order valence-electron chi connectivity index (χ1n) is 7.87. The second-order valence-electron chi connectivity index (χ2n) is 5.02. The average molecular weight is 369 g/mol. The summed E-state index contributed by atoms with van der Waals surface area (Å²) in [6.07, 6.45) is -0.167. The summed E-state index contributed by atoms with van der Waals surface area (Å²) in [6.45, 7) is 0.547. The summed E-state index contributed by atoms with van der Waals surface area (Å²) in [7, 11) is 0. The summed E-state index contributed by atoms with van der Waals surface area (Å²) in [5.74, 6) is -0.898. The zero-order valence-corrected chi connectivity index (χ0v) is 14.2. The molecule has 5 N–H and O–H groups in total. The summed E-state index contributed by atoms with van der Waals surface area (Å²) >= 11 is 0. The number of benzene rings is 1. The molecule has 0 fully saturated rings. The van der Waals surface area contributed by atoms with Crippen molar-refractivity contribution in [2.45, 2.75) is 6.23 Å². The standard InChI is InChI=1S/C16H23N3O7/c17-14(25-7-6-24-10-15(21)22)9-26-13-3-1-2-12(8-13)16(23)19-5-4-18-11-20/h1-3,8,11,14H,4-7,9-10,17H2,(H,18,20)(H,19,23)(H,21,22). The van der Waals surface area contributed by atoms with Crippen LogP contribution in [0.4, 0.5) is 0 Å². The third-order valence-corrected chi connectivity index (χ3v) is 2.93. The van der Waals surface area contributed by atoms with Crippen molar-refractivity contribution in [3.8, 4) is 5.75 Å². The van der Waals surface area contributed by atoms with Gasteiger partial charge in [0.15, 0.2) is 0 Å². The van der Waals surface area contributed by atoms with Crippen LogP contribution in [0.15, 0.2) is 24.3 Å². The van der Waals surface area contributed by atoms with Gasteiger partial charge in [0.25, 0.3) is 5.91 Å².